The smallest absolute Gasteiger partial charge is 0.307 e. The van der Waals surface area contributed by atoms with Crippen LogP contribution in [0.25, 0.3) is 0 Å². The molecule has 1 rings (SSSR count). The fraction of sp³-hybridized carbons (Fsp3) is 0.529. The lowest BCUT2D eigenvalue weighted by atomic mass is 10.3. The number of carbonyl (C=O) groups excluding carboxylic acids is 2. The quantitative estimate of drug-likeness (QED) is 0.613. The second-order valence-electron chi connectivity index (χ2n) is 5.01. The van der Waals surface area contributed by atoms with E-state index in [9.17, 15) is 9.59 Å². The molecule has 1 amide bonds. The van der Waals surface area contributed by atoms with Crippen molar-refractivity contribution in [1.82, 2.24) is 4.90 Å². The van der Waals surface area contributed by atoms with E-state index in [4.69, 9.17) is 21.1 Å². The van der Waals surface area contributed by atoms with Crippen molar-refractivity contribution in [3.05, 3.63) is 29.3 Å². The summed E-state index contributed by atoms with van der Waals surface area (Å²) in [6.07, 6.45) is 2.03. The minimum absolute atomic E-state index is 0.101. The number of hydrogen-bond donors (Lipinski definition) is 0. The van der Waals surface area contributed by atoms with Crippen LogP contribution in [0.1, 0.15) is 33.1 Å². The number of hydrogen-bond acceptors (Lipinski definition) is 4. The molecule has 1 aromatic carbocycles. The molecule has 0 atom stereocenters. The Hall–Kier alpha value is -1.75. The van der Waals surface area contributed by atoms with Gasteiger partial charge in [0.2, 0.25) is 0 Å². The Labute approximate surface area is 142 Å². The highest BCUT2D eigenvalue weighted by Crippen LogP contribution is 2.23. The van der Waals surface area contributed by atoms with Crippen molar-refractivity contribution in [2.24, 2.45) is 0 Å². The van der Waals surface area contributed by atoms with Gasteiger partial charge in [-0.15, -0.1) is 0 Å². The Morgan fingerprint density at radius 3 is 2.57 bits per heavy atom. The van der Waals surface area contributed by atoms with Crippen molar-refractivity contribution in [1.29, 1.82) is 0 Å². The lowest BCUT2D eigenvalue weighted by Crippen LogP contribution is -2.37. The molecule has 6 heteroatoms. The molecule has 0 bridgehead atoms. The van der Waals surface area contributed by atoms with Gasteiger partial charge in [0.1, 0.15) is 5.75 Å². The molecule has 0 aliphatic carbocycles. The number of ether oxygens (including phenoxy) is 2. The summed E-state index contributed by atoms with van der Waals surface area (Å²) in [5.41, 5.74) is 0. The summed E-state index contributed by atoms with van der Waals surface area (Å²) < 4.78 is 10.4. The fourth-order valence-electron chi connectivity index (χ4n) is 1.96. The Kier molecular flexibility index (Phi) is 9.14. The highest BCUT2D eigenvalue weighted by atomic mass is 35.5. The zero-order valence-corrected chi connectivity index (χ0v) is 14.5. The topological polar surface area (TPSA) is 55.8 Å². The maximum Gasteiger partial charge on any atom is 0.307 e. The number of esters is 1. The number of para-hydroxylation sites is 1. The summed E-state index contributed by atoms with van der Waals surface area (Å²) in [4.78, 5) is 25.4. The van der Waals surface area contributed by atoms with E-state index in [0.717, 1.165) is 12.8 Å². The Bertz CT molecular complexity index is 507. The summed E-state index contributed by atoms with van der Waals surface area (Å²) >= 11 is 6.00. The molecule has 5 nitrogen and oxygen atoms in total. The SMILES string of the molecule is CCCCN(CCC(=O)OCC)C(=O)COc1ccccc1Cl. The third kappa shape index (κ3) is 7.37. The average Bonchev–Trinajstić information content (AvgIpc) is 2.54. The third-order valence-corrected chi connectivity index (χ3v) is 3.53. The molecule has 0 aliphatic heterocycles. The first-order valence-electron chi connectivity index (χ1n) is 7.89. The summed E-state index contributed by atoms with van der Waals surface area (Å²) in [6, 6.07) is 7.01. The molecule has 0 heterocycles. The van der Waals surface area contributed by atoms with Crippen LogP contribution < -0.4 is 4.74 Å². The van der Waals surface area contributed by atoms with Crippen LogP contribution in [0.3, 0.4) is 0 Å². The lowest BCUT2D eigenvalue weighted by molar-refractivity contribution is -0.144. The second kappa shape index (κ2) is 10.9. The third-order valence-electron chi connectivity index (χ3n) is 3.21. The van der Waals surface area contributed by atoms with Crippen molar-refractivity contribution >= 4 is 23.5 Å². The normalized spacial score (nSPS) is 10.2. The number of rotatable bonds is 10. The van der Waals surface area contributed by atoms with Gasteiger partial charge in [-0.2, -0.15) is 0 Å². The van der Waals surface area contributed by atoms with Gasteiger partial charge >= 0.3 is 5.97 Å². The predicted molar refractivity (Wildman–Crippen MR) is 89.7 cm³/mol. The molecule has 0 spiro atoms. The number of benzene rings is 1. The number of halogens is 1. The zero-order chi connectivity index (χ0) is 17.1. The van der Waals surface area contributed by atoms with E-state index >= 15 is 0 Å². The van der Waals surface area contributed by atoms with Crippen molar-refractivity contribution in [3.8, 4) is 5.75 Å². The second-order valence-corrected chi connectivity index (χ2v) is 5.42. The van der Waals surface area contributed by atoms with Gasteiger partial charge in [0, 0.05) is 13.1 Å². The van der Waals surface area contributed by atoms with Crippen LogP contribution in [0.5, 0.6) is 5.75 Å². The predicted octanol–water partition coefficient (Wildman–Crippen LogP) is 3.30. The van der Waals surface area contributed by atoms with Crippen molar-refractivity contribution in [3.63, 3.8) is 0 Å². The highest BCUT2D eigenvalue weighted by Gasteiger charge is 2.16. The molecule has 23 heavy (non-hydrogen) atoms. The van der Waals surface area contributed by atoms with E-state index in [1.54, 1.807) is 36.1 Å². The van der Waals surface area contributed by atoms with E-state index in [-0.39, 0.29) is 24.9 Å². The van der Waals surface area contributed by atoms with Crippen molar-refractivity contribution in [2.45, 2.75) is 33.1 Å². The first-order chi connectivity index (χ1) is 11.1. The van der Waals surface area contributed by atoms with Crippen LogP contribution in [-0.2, 0) is 14.3 Å². The number of carbonyl (C=O) groups is 2. The van der Waals surface area contributed by atoms with Gasteiger partial charge in [0.05, 0.1) is 18.1 Å². The van der Waals surface area contributed by atoms with E-state index in [0.29, 0.717) is 30.5 Å². The largest absolute Gasteiger partial charge is 0.482 e. The molecule has 0 saturated carbocycles. The Balaban J connectivity index is 2.53. The van der Waals surface area contributed by atoms with Crippen molar-refractivity contribution in [2.75, 3.05) is 26.3 Å². The molecular formula is C17H24ClNO4. The molecule has 0 N–H and O–H groups in total. The van der Waals surface area contributed by atoms with Gasteiger partial charge in [-0.3, -0.25) is 9.59 Å². The molecule has 0 aliphatic rings. The first kappa shape index (κ1) is 19.3. The fourth-order valence-corrected chi connectivity index (χ4v) is 2.15. The number of amides is 1. The van der Waals surface area contributed by atoms with E-state index in [1.165, 1.54) is 0 Å². The van der Waals surface area contributed by atoms with E-state index in [2.05, 4.69) is 0 Å². The zero-order valence-electron chi connectivity index (χ0n) is 13.7. The standard InChI is InChI=1S/C17H24ClNO4/c1-3-5-11-19(12-10-17(21)22-4-2)16(20)13-23-15-9-7-6-8-14(15)18/h6-9H,3-5,10-13H2,1-2H3. The lowest BCUT2D eigenvalue weighted by Gasteiger charge is -2.22. The van der Waals surface area contributed by atoms with E-state index < -0.39 is 0 Å². The molecule has 0 radical (unpaired) electrons. The summed E-state index contributed by atoms with van der Waals surface area (Å²) in [5.74, 6) is 0.0137. The Morgan fingerprint density at radius 2 is 1.91 bits per heavy atom. The summed E-state index contributed by atoms with van der Waals surface area (Å²) in [7, 11) is 0. The van der Waals surface area contributed by atoms with Gasteiger partial charge in [-0.05, 0) is 25.5 Å². The van der Waals surface area contributed by atoms with Gasteiger partial charge in [-0.1, -0.05) is 37.1 Å². The van der Waals surface area contributed by atoms with Crippen LogP contribution in [-0.4, -0.2) is 43.1 Å². The minimum Gasteiger partial charge on any atom is -0.482 e. The molecule has 0 saturated heterocycles. The maximum atomic E-state index is 12.3. The number of nitrogens with zero attached hydrogens (tertiary/aromatic N) is 1. The van der Waals surface area contributed by atoms with Crippen molar-refractivity contribution < 1.29 is 19.1 Å². The van der Waals surface area contributed by atoms with Crippen LogP contribution in [0.2, 0.25) is 5.02 Å². The van der Waals surface area contributed by atoms with Crippen LogP contribution in [0.4, 0.5) is 0 Å². The molecule has 128 valence electrons. The van der Waals surface area contributed by atoms with Gasteiger partial charge in [-0.25, -0.2) is 0 Å². The average molecular weight is 342 g/mol. The monoisotopic (exact) mass is 341 g/mol. The summed E-state index contributed by atoms with van der Waals surface area (Å²) in [6.45, 7) is 4.99. The van der Waals surface area contributed by atoms with Gasteiger partial charge in [0.15, 0.2) is 6.61 Å². The molecule has 1 aromatic rings. The number of unbranched alkanes of at least 4 members (excludes halogenated alkanes) is 1. The van der Waals surface area contributed by atoms with Crippen LogP contribution >= 0.6 is 11.6 Å². The summed E-state index contributed by atoms with van der Waals surface area (Å²) in [5, 5.41) is 0.465. The van der Waals surface area contributed by atoms with Crippen LogP contribution in [0, 0.1) is 0 Å². The minimum atomic E-state index is -0.297. The maximum absolute atomic E-state index is 12.3. The van der Waals surface area contributed by atoms with E-state index in [1.807, 2.05) is 6.92 Å². The highest BCUT2D eigenvalue weighted by molar-refractivity contribution is 6.32. The van der Waals surface area contributed by atoms with Crippen LogP contribution in [0.15, 0.2) is 24.3 Å². The molecule has 0 unspecified atom stereocenters. The van der Waals surface area contributed by atoms with Gasteiger partial charge < -0.3 is 14.4 Å². The molecule has 0 fully saturated rings. The van der Waals surface area contributed by atoms with Gasteiger partial charge in [0.25, 0.3) is 5.91 Å². The molecule has 0 aromatic heterocycles. The first-order valence-corrected chi connectivity index (χ1v) is 8.27. The Morgan fingerprint density at radius 1 is 1.17 bits per heavy atom. The molecular weight excluding hydrogens is 318 g/mol.